The molecule has 0 bridgehead atoms. The first kappa shape index (κ1) is 35.9. The Hall–Kier alpha value is -3.56. The predicted molar refractivity (Wildman–Crippen MR) is 181 cm³/mol. The van der Waals surface area contributed by atoms with Gasteiger partial charge in [-0.3, -0.25) is 0 Å². The number of benzene rings is 2. The van der Waals surface area contributed by atoms with Gasteiger partial charge in [0.2, 0.25) is 0 Å². The van der Waals surface area contributed by atoms with Crippen molar-refractivity contribution in [3.63, 3.8) is 0 Å². The maximum atomic E-state index is 11.4. The fourth-order valence-electron chi connectivity index (χ4n) is 3.70. The number of fused-ring (bicyclic) bond motifs is 2. The van der Waals surface area contributed by atoms with Crippen molar-refractivity contribution in [1.82, 2.24) is 14.8 Å². The van der Waals surface area contributed by atoms with Crippen LogP contribution in [0.3, 0.4) is 0 Å². The Labute approximate surface area is 280 Å². The number of nitrogens with zero attached hydrogens (tertiary/aromatic N) is 2. The first-order chi connectivity index (χ1) is 21.1. The van der Waals surface area contributed by atoms with Crippen LogP contribution in [0.5, 0.6) is 0 Å². The van der Waals surface area contributed by atoms with Crippen molar-refractivity contribution in [2.24, 2.45) is 5.73 Å². The summed E-state index contributed by atoms with van der Waals surface area (Å²) in [6.07, 6.45) is 3.85. The molecule has 0 amide bonds. The van der Waals surface area contributed by atoms with E-state index in [1.54, 1.807) is 24.5 Å². The Morgan fingerprint density at radius 1 is 1.04 bits per heavy atom. The number of H-pyrrole nitrogens is 1. The van der Waals surface area contributed by atoms with Gasteiger partial charge in [0, 0.05) is 43.4 Å². The molecule has 45 heavy (non-hydrogen) atoms. The number of carboxylic acids is 2. The second-order valence-electron chi connectivity index (χ2n) is 10.9. The van der Waals surface area contributed by atoms with Crippen molar-refractivity contribution in [2.45, 2.75) is 45.8 Å². The normalized spacial score (nSPS) is 14.0. The summed E-state index contributed by atoms with van der Waals surface area (Å²) in [6.45, 7) is 8.96. The van der Waals surface area contributed by atoms with Gasteiger partial charge in [-0.1, -0.05) is 44.0 Å². The average Bonchev–Trinajstić information content (AvgIpc) is 3.75. The van der Waals surface area contributed by atoms with Crippen LogP contribution in [0.1, 0.15) is 52.9 Å². The van der Waals surface area contributed by atoms with E-state index in [2.05, 4.69) is 41.9 Å². The molecule has 2 aromatic carbocycles. The molecular formula is C31H34Br2N4O7S. The highest BCUT2D eigenvalue weighted by Crippen LogP contribution is 2.28. The molecule has 0 spiro atoms. The van der Waals surface area contributed by atoms with Gasteiger partial charge in [0.05, 0.1) is 12.8 Å². The Balaban J connectivity index is 0.000000169. The maximum absolute atomic E-state index is 11.4. The number of aromatic amines is 1. The lowest BCUT2D eigenvalue weighted by molar-refractivity contribution is 0.0513. The van der Waals surface area contributed by atoms with E-state index in [0.29, 0.717) is 10.9 Å². The summed E-state index contributed by atoms with van der Waals surface area (Å²) in [7, 11) is 0. The van der Waals surface area contributed by atoms with Crippen LogP contribution in [0, 0.1) is 6.92 Å². The monoisotopic (exact) mass is 764 g/mol. The first-order valence-corrected chi connectivity index (χ1v) is 16.0. The average molecular weight is 767 g/mol. The second-order valence-corrected chi connectivity index (χ2v) is 13.8. The summed E-state index contributed by atoms with van der Waals surface area (Å²) in [6, 6.07) is 14.9. The van der Waals surface area contributed by atoms with Crippen molar-refractivity contribution < 1.29 is 34.1 Å². The van der Waals surface area contributed by atoms with E-state index in [0.717, 1.165) is 55.1 Å². The number of aromatic carboxylic acids is 2. The molecule has 5 N–H and O–H groups in total. The lowest BCUT2D eigenvalue weighted by Crippen LogP contribution is -2.27. The largest absolute Gasteiger partial charge is 0.477 e. The molecule has 1 unspecified atom stereocenters. The number of nitrogens with two attached hydrogens (primary N) is 1. The van der Waals surface area contributed by atoms with Gasteiger partial charge in [-0.2, -0.15) is 9.78 Å². The van der Waals surface area contributed by atoms with Gasteiger partial charge in [0.15, 0.2) is 0 Å². The van der Waals surface area contributed by atoms with Gasteiger partial charge in [0.1, 0.15) is 16.2 Å². The van der Waals surface area contributed by atoms with E-state index in [-0.39, 0.29) is 5.69 Å². The lowest BCUT2D eigenvalue weighted by atomic mass is 10.2. The molecule has 0 saturated carbocycles. The minimum Gasteiger partial charge on any atom is -0.477 e. The SMILES string of the molecule is Cc1cnn(C(=O)OC(C)(C)C)c1.NC1CCOC1.O=C(O)c1cc2ccc(Br)cc2[nH]1.O=C(O)c1cc2ccc(Br)cc2s1. The number of nitrogens with one attached hydrogen (secondary N) is 1. The molecule has 1 saturated heterocycles. The van der Waals surface area contributed by atoms with Gasteiger partial charge in [0.25, 0.3) is 0 Å². The molecule has 1 aliphatic heterocycles. The summed E-state index contributed by atoms with van der Waals surface area (Å²) in [5, 5.41) is 23.2. The number of carboxylic acid groups (broad SMARTS) is 2. The van der Waals surface area contributed by atoms with Crippen LogP contribution in [0.2, 0.25) is 0 Å². The smallest absolute Gasteiger partial charge is 0.435 e. The Morgan fingerprint density at radius 3 is 2.22 bits per heavy atom. The second kappa shape index (κ2) is 16.1. The van der Waals surface area contributed by atoms with Crippen molar-refractivity contribution in [2.75, 3.05) is 13.2 Å². The van der Waals surface area contributed by atoms with Crippen LogP contribution in [-0.2, 0) is 9.47 Å². The molecule has 14 heteroatoms. The Bertz CT molecular complexity index is 1680. The Morgan fingerprint density at radius 2 is 1.71 bits per heavy atom. The summed E-state index contributed by atoms with van der Waals surface area (Å²) >= 11 is 7.94. The molecule has 11 nitrogen and oxygen atoms in total. The molecule has 1 aliphatic rings. The van der Waals surface area contributed by atoms with Crippen LogP contribution in [-0.4, -0.2) is 67.9 Å². The summed E-state index contributed by atoms with van der Waals surface area (Å²) < 4.78 is 14.1. The third-order valence-corrected chi connectivity index (χ3v) is 7.84. The van der Waals surface area contributed by atoms with E-state index in [9.17, 15) is 14.4 Å². The van der Waals surface area contributed by atoms with E-state index < -0.39 is 23.6 Å². The molecule has 1 atom stereocenters. The highest BCUT2D eigenvalue weighted by molar-refractivity contribution is 9.10. The third kappa shape index (κ3) is 11.7. The molecule has 5 aromatic rings. The number of thiophene rings is 1. The molecule has 3 aromatic heterocycles. The number of hydrogen-bond donors (Lipinski definition) is 4. The Kier molecular flexibility index (Phi) is 12.9. The lowest BCUT2D eigenvalue weighted by Gasteiger charge is -2.18. The van der Waals surface area contributed by atoms with E-state index in [1.807, 2.05) is 64.1 Å². The van der Waals surface area contributed by atoms with Gasteiger partial charge in [-0.05, 0) is 81.5 Å². The first-order valence-electron chi connectivity index (χ1n) is 13.6. The van der Waals surface area contributed by atoms with Crippen molar-refractivity contribution in [3.05, 3.63) is 86.0 Å². The number of hydrogen-bond acceptors (Lipinski definition) is 8. The number of carbonyl (C=O) groups is 3. The molecule has 1 fully saturated rings. The number of halogens is 2. The zero-order valence-electron chi connectivity index (χ0n) is 25.0. The van der Waals surface area contributed by atoms with Gasteiger partial charge in [-0.15, -0.1) is 11.3 Å². The number of aromatic nitrogens is 3. The third-order valence-electron chi connectivity index (χ3n) is 5.76. The maximum Gasteiger partial charge on any atom is 0.435 e. The van der Waals surface area contributed by atoms with Crippen molar-refractivity contribution in [3.8, 4) is 0 Å². The molecule has 4 heterocycles. The van der Waals surface area contributed by atoms with Gasteiger partial charge >= 0.3 is 18.0 Å². The molecule has 240 valence electrons. The molecular weight excluding hydrogens is 732 g/mol. The zero-order valence-corrected chi connectivity index (χ0v) is 29.0. The van der Waals surface area contributed by atoms with Crippen molar-refractivity contribution in [1.29, 1.82) is 0 Å². The molecule has 0 radical (unpaired) electrons. The van der Waals surface area contributed by atoms with E-state index in [4.69, 9.17) is 25.4 Å². The minimum atomic E-state index is -0.938. The fourth-order valence-corrected chi connectivity index (χ4v) is 5.51. The molecule has 6 rings (SSSR count). The fraction of sp³-hybridized carbons (Fsp3) is 0.290. The van der Waals surface area contributed by atoms with Crippen LogP contribution in [0.4, 0.5) is 4.79 Å². The number of aryl methyl sites for hydroxylation is 1. The van der Waals surface area contributed by atoms with E-state index >= 15 is 0 Å². The number of ether oxygens (including phenoxy) is 2. The predicted octanol–water partition coefficient (Wildman–Crippen LogP) is 7.70. The standard InChI is InChI=1S/C9H6BrNO2.C9H5BrO2S.C9H14N2O2.C4H9NO/c10-6-2-1-5-3-8(9(12)13)11-7(5)4-6;10-6-2-1-5-3-8(9(11)12)13-7(5)4-6;1-7-5-10-11(6-7)8(12)13-9(2,3)4;5-4-1-2-6-3-4/h1-4,11H,(H,12,13);1-4H,(H,11,12);5-6H,1-4H3;4H,1-3,5H2. The minimum absolute atomic E-state index is 0.216. The van der Waals surface area contributed by atoms with Crippen molar-refractivity contribution >= 4 is 82.2 Å². The highest BCUT2D eigenvalue weighted by atomic mass is 79.9. The van der Waals surface area contributed by atoms with Gasteiger partial charge < -0.3 is 30.4 Å². The molecule has 0 aliphatic carbocycles. The van der Waals surface area contributed by atoms with Crippen LogP contribution in [0.15, 0.2) is 69.9 Å². The van der Waals surface area contributed by atoms with Crippen LogP contribution in [0.25, 0.3) is 21.0 Å². The zero-order chi connectivity index (χ0) is 33.3. The summed E-state index contributed by atoms with van der Waals surface area (Å²) in [4.78, 5) is 35.8. The summed E-state index contributed by atoms with van der Waals surface area (Å²) in [5.41, 5.74) is 6.91. The summed E-state index contributed by atoms with van der Waals surface area (Å²) in [5.74, 6) is -1.80. The van der Waals surface area contributed by atoms with Crippen LogP contribution < -0.4 is 5.73 Å². The number of rotatable bonds is 2. The number of carbonyl (C=O) groups excluding carboxylic acids is 1. The quantitative estimate of drug-likeness (QED) is 0.141. The van der Waals surface area contributed by atoms with E-state index in [1.165, 1.54) is 16.0 Å². The highest BCUT2D eigenvalue weighted by Gasteiger charge is 2.18. The van der Waals surface area contributed by atoms with Gasteiger partial charge in [-0.25, -0.2) is 14.4 Å². The topological polar surface area (TPSA) is 170 Å². The van der Waals surface area contributed by atoms with Crippen LogP contribution >= 0.6 is 43.2 Å².